The summed E-state index contributed by atoms with van der Waals surface area (Å²) in [4.78, 5) is 26.3. The summed E-state index contributed by atoms with van der Waals surface area (Å²) in [5, 5.41) is 0. The summed E-state index contributed by atoms with van der Waals surface area (Å²) in [5.41, 5.74) is 2.92. The molecule has 0 amide bonds. The van der Waals surface area contributed by atoms with Gasteiger partial charge in [-0.15, -0.1) is 0 Å². The van der Waals surface area contributed by atoms with Gasteiger partial charge in [-0.2, -0.15) is 0 Å². The summed E-state index contributed by atoms with van der Waals surface area (Å²) in [5.74, 6) is 0.810. The van der Waals surface area contributed by atoms with E-state index in [-0.39, 0.29) is 5.56 Å². The molecule has 0 saturated heterocycles. The predicted octanol–water partition coefficient (Wildman–Crippen LogP) is 3.20. The van der Waals surface area contributed by atoms with E-state index in [2.05, 4.69) is 58.6 Å². The van der Waals surface area contributed by atoms with Gasteiger partial charge in [-0.25, -0.2) is 4.98 Å². The molecule has 2 aromatic heterocycles. The minimum absolute atomic E-state index is 0.0102. The molecule has 0 aromatic carbocycles. The van der Waals surface area contributed by atoms with Gasteiger partial charge in [-0.1, -0.05) is 6.92 Å². The van der Waals surface area contributed by atoms with E-state index in [1.807, 2.05) is 0 Å². The minimum Gasteiger partial charge on any atom is -0.310 e. The van der Waals surface area contributed by atoms with E-state index in [1.165, 1.54) is 0 Å². The molecule has 1 aliphatic rings. The highest BCUT2D eigenvalue weighted by Crippen LogP contribution is 2.27. The van der Waals surface area contributed by atoms with Crippen molar-refractivity contribution in [1.82, 2.24) is 19.9 Å². The first kappa shape index (κ1) is 16.8. The Kier molecular flexibility index (Phi) is 5.28. The monoisotopic (exact) mass is 440 g/mol. The van der Waals surface area contributed by atoms with Gasteiger partial charge in [0.05, 0.1) is 11.3 Å². The van der Waals surface area contributed by atoms with Crippen molar-refractivity contribution in [3.63, 3.8) is 0 Å². The van der Waals surface area contributed by atoms with Gasteiger partial charge in [0.2, 0.25) is 0 Å². The average Bonchev–Trinajstić information content (AvgIpc) is 2.52. The van der Waals surface area contributed by atoms with Gasteiger partial charge in [0.25, 0.3) is 5.56 Å². The standard InChI is InChI=1S/C16H18Br2N4O/c1-2-3-15-20-14-4-5-22(9-11(14)16(23)21-15)8-10-12(17)6-19-7-13(10)18/h6-7H,2-5,8-9H2,1H3,(H,20,21,23). The molecule has 122 valence electrons. The highest BCUT2D eigenvalue weighted by atomic mass is 79.9. The summed E-state index contributed by atoms with van der Waals surface area (Å²) in [6.45, 7) is 4.38. The van der Waals surface area contributed by atoms with E-state index in [0.29, 0.717) is 6.54 Å². The van der Waals surface area contributed by atoms with Gasteiger partial charge in [0, 0.05) is 53.8 Å². The Bertz CT molecular complexity index is 755. The Hall–Kier alpha value is -1.05. The van der Waals surface area contributed by atoms with E-state index in [9.17, 15) is 4.79 Å². The van der Waals surface area contributed by atoms with E-state index in [0.717, 1.165) is 63.9 Å². The van der Waals surface area contributed by atoms with Crippen molar-refractivity contribution in [3.05, 3.63) is 54.3 Å². The fourth-order valence-electron chi connectivity index (χ4n) is 2.84. The maximum Gasteiger partial charge on any atom is 0.255 e. The molecule has 0 unspecified atom stereocenters. The zero-order valence-corrected chi connectivity index (χ0v) is 16.1. The number of nitrogens with one attached hydrogen (secondary N) is 1. The van der Waals surface area contributed by atoms with Gasteiger partial charge in [-0.05, 0) is 43.8 Å². The van der Waals surface area contributed by atoms with E-state index >= 15 is 0 Å². The van der Waals surface area contributed by atoms with Gasteiger partial charge in [0.1, 0.15) is 5.82 Å². The first-order valence-electron chi connectivity index (χ1n) is 7.69. The lowest BCUT2D eigenvalue weighted by Crippen LogP contribution is -2.36. The summed E-state index contributed by atoms with van der Waals surface area (Å²) >= 11 is 7.09. The maximum atomic E-state index is 12.3. The largest absolute Gasteiger partial charge is 0.310 e. The molecule has 1 aliphatic heterocycles. The van der Waals surface area contributed by atoms with Crippen LogP contribution in [0.15, 0.2) is 26.1 Å². The number of rotatable bonds is 4. The quantitative estimate of drug-likeness (QED) is 0.791. The number of nitrogens with zero attached hydrogens (tertiary/aromatic N) is 3. The number of pyridine rings is 1. The van der Waals surface area contributed by atoms with Crippen LogP contribution in [0.5, 0.6) is 0 Å². The van der Waals surface area contributed by atoms with E-state index in [4.69, 9.17) is 0 Å². The van der Waals surface area contributed by atoms with Crippen molar-refractivity contribution in [2.75, 3.05) is 6.54 Å². The summed E-state index contributed by atoms with van der Waals surface area (Å²) in [6, 6.07) is 0. The predicted molar refractivity (Wildman–Crippen MR) is 96.3 cm³/mol. The normalized spacial score (nSPS) is 14.7. The van der Waals surface area contributed by atoms with Crippen LogP contribution in [0.3, 0.4) is 0 Å². The third-order valence-corrected chi connectivity index (χ3v) is 5.38. The average molecular weight is 442 g/mol. The van der Waals surface area contributed by atoms with E-state index in [1.54, 1.807) is 12.4 Å². The molecule has 0 spiro atoms. The molecule has 0 saturated carbocycles. The number of hydrogen-bond acceptors (Lipinski definition) is 4. The first-order chi connectivity index (χ1) is 11.1. The fraction of sp³-hybridized carbons (Fsp3) is 0.438. The number of aryl methyl sites for hydroxylation is 1. The Balaban J connectivity index is 1.82. The van der Waals surface area contributed by atoms with Crippen LogP contribution < -0.4 is 5.56 Å². The van der Waals surface area contributed by atoms with Crippen molar-refractivity contribution >= 4 is 31.9 Å². The number of aromatic amines is 1. The molecule has 0 radical (unpaired) electrons. The number of H-pyrrole nitrogens is 1. The van der Waals surface area contributed by atoms with Crippen molar-refractivity contribution in [2.45, 2.75) is 39.3 Å². The number of aromatic nitrogens is 3. The van der Waals surface area contributed by atoms with Gasteiger partial charge < -0.3 is 4.98 Å². The second-order valence-electron chi connectivity index (χ2n) is 5.73. The molecular weight excluding hydrogens is 424 g/mol. The molecule has 7 heteroatoms. The smallest absolute Gasteiger partial charge is 0.255 e. The lowest BCUT2D eigenvalue weighted by Gasteiger charge is -2.28. The third kappa shape index (κ3) is 3.72. The zero-order valence-electron chi connectivity index (χ0n) is 12.9. The van der Waals surface area contributed by atoms with Crippen LogP contribution in [0.4, 0.5) is 0 Å². The van der Waals surface area contributed by atoms with Crippen molar-refractivity contribution < 1.29 is 0 Å². The van der Waals surface area contributed by atoms with Crippen molar-refractivity contribution in [1.29, 1.82) is 0 Å². The highest BCUT2D eigenvalue weighted by Gasteiger charge is 2.22. The summed E-state index contributed by atoms with van der Waals surface area (Å²) in [7, 11) is 0. The SMILES string of the molecule is CCCc1nc2c(c(=O)[nH]1)CN(Cc1c(Br)cncc1Br)CC2. The number of fused-ring (bicyclic) bond motifs is 1. The van der Waals surface area contributed by atoms with Crippen LogP contribution in [0, 0.1) is 0 Å². The Morgan fingerprint density at radius 3 is 2.74 bits per heavy atom. The second-order valence-corrected chi connectivity index (χ2v) is 7.44. The molecule has 0 atom stereocenters. The molecule has 0 fully saturated rings. The third-order valence-electron chi connectivity index (χ3n) is 4.02. The molecule has 0 aliphatic carbocycles. The molecule has 3 heterocycles. The Morgan fingerprint density at radius 1 is 1.30 bits per heavy atom. The van der Waals surface area contributed by atoms with Crippen LogP contribution in [0.2, 0.25) is 0 Å². The Morgan fingerprint density at radius 2 is 2.04 bits per heavy atom. The molecule has 5 nitrogen and oxygen atoms in total. The maximum absolute atomic E-state index is 12.3. The fourth-order valence-corrected chi connectivity index (χ4v) is 4.02. The van der Waals surface area contributed by atoms with Gasteiger partial charge in [-0.3, -0.25) is 14.7 Å². The van der Waals surface area contributed by atoms with Gasteiger partial charge >= 0.3 is 0 Å². The molecule has 23 heavy (non-hydrogen) atoms. The Labute approximate surface area is 151 Å². The van der Waals surface area contributed by atoms with E-state index < -0.39 is 0 Å². The van der Waals surface area contributed by atoms with Crippen LogP contribution in [-0.4, -0.2) is 26.4 Å². The summed E-state index contributed by atoms with van der Waals surface area (Å²) in [6.07, 6.45) is 6.21. The lowest BCUT2D eigenvalue weighted by atomic mass is 10.1. The second kappa shape index (κ2) is 7.23. The lowest BCUT2D eigenvalue weighted by molar-refractivity contribution is 0.240. The van der Waals surface area contributed by atoms with Crippen molar-refractivity contribution in [3.8, 4) is 0 Å². The molecule has 3 rings (SSSR count). The molecule has 2 aromatic rings. The number of halogens is 2. The van der Waals surface area contributed by atoms with Crippen LogP contribution in [0.25, 0.3) is 0 Å². The molecule has 0 bridgehead atoms. The summed E-state index contributed by atoms with van der Waals surface area (Å²) < 4.78 is 1.95. The molecular formula is C16H18Br2N4O. The number of hydrogen-bond donors (Lipinski definition) is 1. The van der Waals surface area contributed by atoms with Crippen LogP contribution in [0.1, 0.15) is 36.0 Å². The van der Waals surface area contributed by atoms with Gasteiger partial charge in [0.15, 0.2) is 0 Å². The zero-order chi connectivity index (χ0) is 16.4. The topological polar surface area (TPSA) is 61.9 Å². The minimum atomic E-state index is 0.0102. The van der Waals surface area contributed by atoms with Crippen LogP contribution >= 0.6 is 31.9 Å². The van der Waals surface area contributed by atoms with Crippen molar-refractivity contribution in [2.24, 2.45) is 0 Å². The first-order valence-corrected chi connectivity index (χ1v) is 9.28. The molecule has 1 N–H and O–H groups in total. The van der Waals surface area contributed by atoms with Crippen LogP contribution in [-0.2, 0) is 25.9 Å². The highest BCUT2D eigenvalue weighted by molar-refractivity contribution is 9.11.